The molecule has 4 rings (SSSR count). The van der Waals surface area contributed by atoms with E-state index in [9.17, 15) is 22.4 Å². The van der Waals surface area contributed by atoms with Crippen LogP contribution in [0.4, 0.5) is 23.2 Å². The third-order valence-electron chi connectivity index (χ3n) is 6.12. The summed E-state index contributed by atoms with van der Waals surface area (Å²) in [4.78, 5) is 16.5. The van der Waals surface area contributed by atoms with Crippen molar-refractivity contribution in [3.05, 3.63) is 53.7 Å². The topological polar surface area (TPSA) is 72.2 Å². The molecule has 1 fully saturated rings. The second-order valence-corrected chi connectivity index (χ2v) is 10.9. The Balaban J connectivity index is 1.57. The Morgan fingerprint density at radius 1 is 1.23 bits per heavy atom. The number of aromatic nitrogens is 3. The number of fused-ring (bicyclic) bond motifs is 1. The fraction of sp³-hybridized carbons (Fsp3) is 0.458. The van der Waals surface area contributed by atoms with Crippen LogP contribution >= 0.6 is 0 Å². The molecule has 1 aromatic carbocycles. The number of carbonyl (C=O) groups is 1. The summed E-state index contributed by atoms with van der Waals surface area (Å²) in [6.07, 6.45) is 2.03. The van der Waals surface area contributed by atoms with Crippen molar-refractivity contribution in [1.82, 2.24) is 20.1 Å². The molecule has 0 aliphatic heterocycles. The van der Waals surface area contributed by atoms with Gasteiger partial charge in [0.1, 0.15) is 17.2 Å². The number of rotatable bonds is 5. The molecular formula is C24H27F4N5OS. The van der Waals surface area contributed by atoms with E-state index in [1.54, 1.807) is 16.9 Å². The summed E-state index contributed by atoms with van der Waals surface area (Å²) in [5.74, 6) is -0.757. The van der Waals surface area contributed by atoms with E-state index in [-0.39, 0.29) is 39.8 Å². The van der Waals surface area contributed by atoms with Crippen LogP contribution in [-0.2, 0) is 16.9 Å². The number of pyridine rings is 1. The van der Waals surface area contributed by atoms with Crippen molar-refractivity contribution in [1.29, 1.82) is 0 Å². The molecule has 0 radical (unpaired) electrons. The largest absolute Gasteiger partial charge is 0.433 e. The van der Waals surface area contributed by atoms with E-state index in [1.807, 2.05) is 20.1 Å². The van der Waals surface area contributed by atoms with Gasteiger partial charge in [0.2, 0.25) is 0 Å². The minimum absolute atomic E-state index is 0.0479. The maximum absolute atomic E-state index is 13.9. The summed E-state index contributed by atoms with van der Waals surface area (Å²) >= 11 is 0. The van der Waals surface area contributed by atoms with Crippen LogP contribution in [0.5, 0.6) is 0 Å². The molecule has 3 aromatic rings. The number of benzene rings is 1. The average Bonchev–Trinajstić information content (AvgIpc) is 3.29. The molecular weight excluding hydrogens is 482 g/mol. The number of alkyl halides is 3. The van der Waals surface area contributed by atoms with Gasteiger partial charge in [0.25, 0.3) is 5.91 Å². The Morgan fingerprint density at radius 3 is 2.71 bits per heavy atom. The highest BCUT2D eigenvalue weighted by Gasteiger charge is 2.34. The monoisotopic (exact) mass is 509 g/mol. The van der Waals surface area contributed by atoms with Crippen LogP contribution in [0, 0.1) is 5.82 Å². The maximum atomic E-state index is 13.9. The van der Waals surface area contributed by atoms with Crippen molar-refractivity contribution in [2.75, 3.05) is 6.26 Å². The lowest BCUT2D eigenvalue weighted by atomic mass is 9.95. The van der Waals surface area contributed by atoms with Gasteiger partial charge < -0.3 is 5.32 Å². The Bertz CT molecular complexity index is 1270. The molecule has 188 valence electrons. The third kappa shape index (κ3) is 5.71. The van der Waals surface area contributed by atoms with Gasteiger partial charge >= 0.3 is 6.18 Å². The first-order valence-corrected chi connectivity index (χ1v) is 13.1. The van der Waals surface area contributed by atoms with Crippen LogP contribution in [0.25, 0.3) is 10.9 Å². The molecule has 0 saturated heterocycles. The molecule has 0 spiro atoms. The number of nitrogens with one attached hydrogen (secondary N) is 1. The highest BCUT2D eigenvalue weighted by molar-refractivity contribution is 7.87. The number of carbonyl (C=O) groups excluding carboxylic acids is 1. The van der Waals surface area contributed by atoms with E-state index < -0.39 is 28.4 Å². The second-order valence-electron chi connectivity index (χ2n) is 9.01. The van der Waals surface area contributed by atoms with Crippen molar-refractivity contribution in [2.24, 2.45) is 4.36 Å². The van der Waals surface area contributed by atoms with Gasteiger partial charge in [-0.05, 0) is 69.7 Å². The van der Waals surface area contributed by atoms with Crippen molar-refractivity contribution in [3.8, 4) is 0 Å². The van der Waals surface area contributed by atoms with Gasteiger partial charge in [-0.15, -0.1) is 0 Å². The molecule has 1 aliphatic carbocycles. The number of amides is 1. The van der Waals surface area contributed by atoms with Gasteiger partial charge in [0, 0.05) is 28.9 Å². The zero-order chi connectivity index (χ0) is 25.3. The molecule has 3 atom stereocenters. The van der Waals surface area contributed by atoms with E-state index in [1.165, 1.54) is 12.1 Å². The maximum Gasteiger partial charge on any atom is 0.433 e. The summed E-state index contributed by atoms with van der Waals surface area (Å²) in [6.45, 7) is 3.90. The summed E-state index contributed by atoms with van der Waals surface area (Å²) < 4.78 is 60.4. The molecule has 35 heavy (non-hydrogen) atoms. The van der Waals surface area contributed by atoms with Crippen molar-refractivity contribution in [2.45, 2.75) is 63.0 Å². The standard InChI is InChI=1S/C24H27F4N5OS/c1-14(2)33-21(9-10-29-33)23(34)30-16-5-4-6-17(12-16)35(3)32-20-13-22(24(26,27)28)31-19-8-7-15(25)11-18(19)20/h7-11,13-14,16-17H,4-6,12H2,1-3H3,(H,30,34)/t16?,17?,35-/m0/s1. The first-order valence-electron chi connectivity index (χ1n) is 11.4. The quantitative estimate of drug-likeness (QED) is 0.431. The zero-order valence-electron chi connectivity index (χ0n) is 19.6. The van der Waals surface area contributed by atoms with Crippen LogP contribution in [0.1, 0.15) is 61.8 Å². The van der Waals surface area contributed by atoms with Crippen molar-refractivity contribution >= 4 is 33.2 Å². The fourth-order valence-corrected chi connectivity index (χ4v) is 6.01. The Hall–Kier alpha value is -2.82. The lowest BCUT2D eigenvalue weighted by Crippen LogP contribution is -2.41. The third-order valence-corrected chi connectivity index (χ3v) is 8.00. The molecule has 2 unspecified atom stereocenters. The first kappa shape index (κ1) is 25.3. The van der Waals surface area contributed by atoms with E-state index in [4.69, 9.17) is 0 Å². The smallest absolute Gasteiger partial charge is 0.348 e. The van der Waals surface area contributed by atoms with E-state index >= 15 is 0 Å². The minimum atomic E-state index is -4.64. The normalized spacial score (nSPS) is 19.9. The SMILES string of the molecule is CC(C)n1nccc1C(=O)NC1CCCC([S@](C)=Nc2cc(C(F)(F)F)nc3ccc(F)cc23)C1. The van der Waals surface area contributed by atoms with E-state index in [0.717, 1.165) is 31.4 Å². The van der Waals surface area contributed by atoms with Crippen LogP contribution in [-0.4, -0.2) is 38.2 Å². The summed E-state index contributed by atoms with van der Waals surface area (Å²) in [5.41, 5.74) is -0.428. The molecule has 1 amide bonds. The molecule has 0 bridgehead atoms. The summed E-state index contributed by atoms with van der Waals surface area (Å²) in [6, 6.07) is 6.04. The molecule has 1 aliphatic rings. The van der Waals surface area contributed by atoms with E-state index in [0.29, 0.717) is 12.1 Å². The number of halogens is 4. The minimum Gasteiger partial charge on any atom is -0.348 e. The molecule has 1 N–H and O–H groups in total. The number of nitrogens with zero attached hydrogens (tertiary/aromatic N) is 4. The van der Waals surface area contributed by atoms with Gasteiger partial charge in [-0.3, -0.25) is 9.48 Å². The fourth-order valence-electron chi connectivity index (χ4n) is 4.38. The predicted molar refractivity (Wildman–Crippen MR) is 128 cm³/mol. The molecule has 2 aromatic heterocycles. The van der Waals surface area contributed by atoms with Crippen molar-refractivity contribution < 1.29 is 22.4 Å². The van der Waals surface area contributed by atoms with E-state index in [2.05, 4.69) is 19.8 Å². The summed E-state index contributed by atoms with van der Waals surface area (Å²) in [7, 11) is -0.651. The van der Waals surface area contributed by atoms with Gasteiger partial charge in [-0.2, -0.15) is 18.3 Å². The van der Waals surface area contributed by atoms with Gasteiger partial charge in [0.15, 0.2) is 0 Å². The lowest BCUT2D eigenvalue weighted by molar-refractivity contribution is -0.140. The van der Waals surface area contributed by atoms with Crippen LogP contribution in [0.2, 0.25) is 0 Å². The predicted octanol–water partition coefficient (Wildman–Crippen LogP) is 5.97. The second kappa shape index (κ2) is 10.0. The first-order chi connectivity index (χ1) is 16.5. The van der Waals surface area contributed by atoms with Crippen LogP contribution in [0.15, 0.2) is 40.9 Å². The number of hydrogen-bond donors (Lipinski definition) is 1. The highest BCUT2D eigenvalue weighted by atomic mass is 32.2. The lowest BCUT2D eigenvalue weighted by Gasteiger charge is -2.30. The Kier molecular flexibility index (Phi) is 7.25. The van der Waals surface area contributed by atoms with Gasteiger partial charge in [0.05, 0.1) is 11.2 Å². The van der Waals surface area contributed by atoms with Gasteiger partial charge in [-0.25, -0.2) is 13.7 Å². The highest BCUT2D eigenvalue weighted by Crippen LogP contribution is 2.36. The van der Waals surface area contributed by atoms with Crippen LogP contribution < -0.4 is 5.32 Å². The molecule has 6 nitrogen and oxygen atoms in total. The van der Waals surface area contributed by atoms with Crippen LogP contribution in [0.3, 0.4) is 0 Å². The zero-order valence-corrected chi connectivity index (χ0v) is 20.5. The Labute approximate surface area is 203 Å². The number of hydrogen-bond acceptors (Lipinski definition) is 4. The molecule has 2 heterocycles. The van der Waals surface area contributed by atoms with Gasteiger partial charge in [-0.1, -0.05) is 17.1 Å². The molecule has 1 saturated carbocycles. The van der Waals surface area contributed by atoms with Crippen molar-refractivity contribution in [3.63, 3.8) is 0 Å². The molecule has 11 heteroatoms. The Morgan fingerprint density at radius 2 is 2.00 bits per heavy atom. The average molecular weight is 510 g/mol. The summed E-state index contributed by atoms with van der Waals surface area (Å²) in [5, 5.41) is 7.62.